The molecule has 0 unspecified atom stereocenters. The molecule has 2 aromatic carbocycles. The molecule has 2 N–H and O–H groups in total. The van der Waals surface area contributed by atoms with Crippen LogP contribution in [-0.4, -0.2) is 30.5 Å². The van der Waals surface area contributed by atoms with Crippen LogP contribution < -0.4 is 15.4 Å². The number of amides is 2. The maximum atomic E-state index is 12.8. The molecule has 0 fully saturated rings. The normalized spacial score (nSPS) is 11.1. The fourth-order valence-corrected chi connectivity index (χ4v) is 3.56. The number of rotatable bonds is 7. The molecule has 0 aliphatic heterocycles. The third-order valence-corrected chi connectivity index (χ3v) is 5.09. The summed E-state index contributed by atoms with van der Waals surface area (Å²) in [6.45, 7) is -0.265. The predicted molar refractivity (Wildman–Crippen MR) is 110 cm³/mol. The van der Waals surface area contributed by atoms with Crippen LogP contribution in [0.25, 0.3) is 0 Å². The third-order valence-electron chi connectivity index (χ3n) is 4.17. The van der Waals surface area contributed by atoms with E-state index in [9.17, 15) is 22.8 Å². The van der Waals surface area contributed by atoms with Gasteiger partial charge in [-0.05, 0) is 29.8 Å². The summed E-state index contributed by atoms with van der Waals surface area (Å²) in [6.07, 6.45) is -2.66. The van der Waals surface area contributed by atoms with Gasteiger partial charge in [-0.3, -0.25) is 9.59 Å². The smallest absolute Gasteiger partial charge is 0.416 e. The minimum absolute atomic E-state index is 0.254. The second-order valence-corrected chi connectivity index (χ2v) is 7.58. The lowest BCUT2D eigenvalue weighted by Gasteiger charge is -2.08. The molecule has 6 nitrogen and oxygen atoms in total. The fourth-order valence-electron chi connectivity index (χ4n) is 2.70. The molecule has 0 atom stereocenters. The number of thiazole rings is 1. The van der Waals surface area contributed by atoms with Crippen molar-refractivity contribution in [3.05, 3.63) is 76.3 Å². The largest absolute Gasteiger partial charge is 0.497 e. The van der Waals surface area contributed by atoms with Crippen molar-refractivity contribution in [2.45, 2.75) is 12.6 Å². The van der Waals surface area contributed by atoms with E-state index in [1.165, 1.54) is 19.4 Å². The van der Waals surface area contributed by atoms with E-state index in [-0.39, 0.29) is 13.0 Å². The molecule has 31 heavy (non-hydrogen) atoms. The number of hydrogen-bond donors (Lipinski definition) is 2. The Morgan fingerprint density at radius 3 is 2.65 bits per heavy atom. The summed E-state index contributed by atoms with van der Waals surface area (Å²) in [5.41, 5.74) is 0.126. The number of carbonyl (C=O) groups is 2. The lowest BCUT2D eigenvalue weighted by atomic mass is 10.1. The molecular formula is C21H18F3N3O3S. The van der Waals surface area contributed by atoms with E-state index in [0.29, 0.717) is 26.9 Å². The number of alkyl halides is 3. The Balaban J connectivity index is 1.53. The zero-order valence-corrected chi connectivity index (χ0v) is 17.1. The SMILES string of the molecule is COc1cccc(C(=O)NCC(=O)Nc2ncc(Cc3cccc(C(F)(F)F)c3)s2)c1. The van der Waals surface area contributed by atoms with Gasteiger partial charge in [0.15, 0.2) is 5.13 Å². The molecule has 1 heterocycles. The van der Waals surface area contributed by atoms with Crippen LogP contribution in [0.3, 0.4) is 0 Å². The van der Waals surface area contributed by atoms with Gasteiger partial charge in [0.2, 0.25) is 5.91 Å². The molecule has 162 valence electrons. The number of anilines is 1. The Kier molecular flexibility index (Phi) is 6.91. The number of ether oxygens (including phenoxy) is 1. The van der Waals surface area contributed by atoms with E-state index >= 15 is 0 Å². The molecule has 0 bridgehead atoms. The quantitative estimate of drug-likeness (QED) is 0.569. The minimum Gasteiger partial charge on any atom is -0.497 e. The molecule has 0 saturated heterocycles. The minimum atomic E-state index is -4.40. The van der Waals surface area contributed by atoms with Gasteiger partial charge in [-0.25, -0.2) is 4.98 Å². The maximum absolute atomic E-state index is 12.8. The number of hydrogen-bond acceptors (Lipinski definition) is 5. The molecule has 2 amide bonds. The van der Waals surface area contributed by atoms with Gasteiger partial charge in [0.1, 0.15) is 5.75 Å². The van der Waals surface area contributed by atoms with Gasteiger partial charge in [0.05, 0.1) is 19.2 Å². The molecule has 1 aromatic heterocycles. The summed E-state index contributed by atoms with van der Waals surface area (Å²) in [5.74, 6) is -0.386. The van der Waals surface area contributed by atoms with Crippen LogP contribution in [0.1, 0.15) is 26.4 Å². The summed E-state index contributed by atoms with van der Waals surface area (Å²) in [7, 11) is 1.49. The van der Waals surface area contributed by atoms with Gasteiger partial charge in [-0.1, -0.05) is 24.3 Å². The number of nitrogens with zero attached hydrogens (tertiary/aromatic N) is 1. The van der Waals surface area contributed by atoms with Crippen molar-refractivity contribution in [2.75, 3.05) is 19.0 Å². The Morgan fingerprint density at radius 1 is 1.13 bits per heavy atom. The summed E-state index contributed by atoms with van der Waals surface area (Å²) in [4.78, 5) is 29.0. The highest BCUT2D eigenvalue weighted by Crippen LogP contribution is 2.30. The molecule has 0 saturated carbocycles. The molecule has 0 spiro atoms. The average Bonchev–Trinajstić information content (AvgIpc) is 3.18. The Labute approximate surface area is 180 Å². The van der Waals surface area contributed by atoms with E-state index in [1.807, 2.05) is 0 Å². The van der Waals surface area contributed by atoms with Gasteiger partial charge < -0.3 is 15.4 Å². The first-order chi connectivity index (χ1) is 14.7. The van der Waals surface area contributed by atoms with Gasteiger partial charge in [-0.2, -0.15) is 13.2 Å². The molecule has 0 aliphatic carbocycles. The maximum Gasteiger partial charge on any atom is 0.416 e. The van der Waals surface area contributed by atoms with E-state index in [1.54, 1.807) is 30.3 Å². The number of nitrogens with one attached hydrogen (secondary N) is 2. The standard InChI is InChI=1S/C21H18F3N3O3S/c1-30-16-7-3-5-14(10-16)19(29)25-12-18(28)27-20-26-11-17(31-20)9-13-4-2-6-15(8-13)21(22,23)24/h2-8,10-11H,9,12H2,1H3,(H,25,29)(H,26,27,28). The number of aromatic nitrogens is 1. The summed E-state index contributed by atoms with van der Waals surface area (Å²) < 4.78 is 43.6. The van der Waals surface area contributed by atoms with Crippen molar-refractivity contribution in [1.29, 1.82) is 0 Å². The molecule has 3 rings (SSSR count). The van der Waals surface area contributed by atoms with Crippen LogP contribution in [0, 0.1) is 0 Å². The van der Waals surface area contributed by atoms with Gasteiger partial charge in [0, 0.05) is 23.1 Å². The van der Waals surface area contributed by atoms with Crippen molar-refractivity contribution in [3.63, 3.8) is 0 Å². The van der Waals surface area contributed by atoms with E-state index in [2.05, 4.69) is 15.6 Å². The fraction of sp³-hybridized carbons (Fsp3) is 0.190. The van der Waals surface area contributed by atoms with Crippen LogP contribution in [-0.2, 0) is 17.4 Å². The van der Waals surface area contributed by atoms with Crippen molar-refractivity contribution < 1.29 is 27.5 Å². The molecule has 0 aliphatic rings. The van der Waals surface area contributed by atoms with Crippen LogP contribution >= 0.6 is 11.3 Å². The summed E-state index contributed by atoms with van der Waals surface area (Å²) >= 11 is 1.15. The number of halogens is 3. The zero-order chi connectivity index (χ0) is 22.4. The summed E-state index contributed by atoms with van der Waals surface area (Å²) in [6, 6.07) is 11.6. The number of benzene rings is 2. The molecular weight excluding hydrogens is 431 g/mol. The van der Waals surface area contributed by atoms with E-state index < -0.39 is 23.6 Å². The van der Waals surface area contributed by atoms with Gasteiger partial charge in [-0.15, -0.1) is 11.3 Å². The highest BCUT2D eigenvalue weighted by molar-refractivity contribution is 7.15. The monoisotopic (exact) mass is 449 g/mol. The van der Waals surface area contributed by atoms with Crippen molar-refractivity contribution in [1.82, 2.24) is 10.3 Å². The Bertz CT molecular complexity index is 1080. The Morgan fingerprint density at radius 2 is 1.90 bits per heavy atom. The highest BCUT2D eigenvalue weighted by atomic mass is 32.1. The Hall–Kier alpha value is -3.40. The topological polar surface area (TPSA) is 80.3 Å². The molecule has 0 radical (unpaired) electrons. The second kappa shape index (κ2) is 9.61. The van der Waals surface area contributed by atoms with E-state index in [4.69, 9.17) is 4.74 Å². The van der Waals surface area contributed by atoms with Crippen molar-refractivity contribution >= 4 is 28.3 Å². The predicted octanol–water partition coefficient (Wildman–Crippen LogP) is 4.13. The first-order valence-electron chi connectivity index (χ1n) is 9.07. The lowest BCUT2D eigenvalue weighted by molar-refractivity contribution is -0.137. The second-order valence-electron chi connectivity index (χ2n) is 6.47. The van der Waals surface area contributed by atoms with Crippen LogP contribution in [0.5, 0.6) is 5.75 Å². The highest BCUT2D eigenvalue weighted by Gasteiger charge is 2.30. The first-order valence-corrected chi connectivity index (χ1v) is 9.89. The van der Waals surface area contributed by atoms with Crippen LogP contribution in [0.4, 0.5) is 18.3 Å². The number of carbonyl (C=O) groups excluding carboxylic acids is 2. The molecule has 3 aromatic rings. The summed E-state index contributed by atoms with van der Waals surface area (Å²) in [5, 5.41) is 5.36. The van der Waals surface area contributed by atoms with Crippen molar-refractivity contribution in [2.24, 2.45) is 0 Å². The van der Waals surface area contributed by atoms with Gasteiger partial charge >= 0.3 is 6.18 Å². The van der Waals surface area contributed by atoms with Crippen LogP contribution in [0.2, 0.25) is 0 Å². The zero-order valence-electron chi connectivity index (χ0n) is 16.3. The average molecular weight is 449 g/mol. The molecule has 10 heteroatoms. The van der Waals surface area contributed by atoms with E-state index in [0.717, 1.165) is 23.5 Å². The number of methoxy groups -OCH3 is 1. The van der Waals surface area contributed by atoms with Gasteiger partial charge in [0.25, 0.3) is 5.91 Å². The van der Waals surface area contributed by atoms with Crippen LogP contribution in [0.15, 0.2) is 54.7 Å². The van der Waals surface area contributed by atoms with Crippen molar-refractivity contribution in [3.8, 4) is 5.75 Å². The first kappa shape index (κ1) is 22.3. The third kappa shape index (κ3) is 6.29. The lowest BCUT2D eigenvalue weighted by Crippen LogP contribution is -2.32.